The molecular formula is C9H14O2. The molecule has 2 aliphatic carbocycles. The molecule has 0 aliphatic heterocycles. The molecule has 2 bridgehead atoms. The van der Waals surface area contributed by atoms with Gasteiger partial charge in [0.1, 0.15) is 5.60 Å². The summed E-state index contributed by atoms with van der Waals surface area (Å²) in [6, 6.07) is 0. The molecule has 2 fully saturated rings. The van der Waals surface area contributed by atoms with Crippen molar-refractivity contribution in [3.05, 3.63) is 0 Å². The van der Waals surface area contributed by atoms with Crippen molar-refractivity contribution in [1.29, 1.82) is 0 Å². The van der Waals surface area contributed by atoms with Crippen LogP contribution in [0.15, 0.2) is 0 Å². The quantitative estimate of drug-likeness (QED) is 0.568. The van der Waals surface area contributed by atoms with Crippen LogP contribution in [0.3, 0.4) is 0 Å². The molecule has 0 heterocycles. The van der Waals surface area contributed by atoms with Crippen LogP contribution in [0.1, 0.15) is 33.1 Å². The topological polar surface area (TPSA) is 37.3 Å². The second-order valence-corrected chi connectivity index (χ2v) is 4.44. The summed E-state index contributed by atoms with van der Waals surface area (Å²) in [5, 5.41) is 9.99. The molecule has 0 saturated heterocycles. The zero-order valence-corrected chi connectivity index (χ0v) is 7.05. The SMILES string of the molecule is CC1(C)C2CCC1(O)C(=O)C2. The van der Waals surface area contributed by atoms with E-state index in [2.05, 4.69) is 0 Å². The number of ketones is 1. The van der Waals surface area contributed by atoms with Gasteiger partial charge in [-0.3, -0.25) is 4.79 Å². The van der Waals surface area contributed by atoms with Gasteiger partial charge in [-0.25, -0.2) is 0 Å². The third-order valence-corrected chi connectivity index (χ3v) is 3.83. The van der Waals surface area contributed by atoms with E-state index in [9.17, 15) is 9.90 Å². The highest BCUT2D eigenvalue weighted by molar-refractivity contribution is 5.91. The molecule has 2 atom stereocenters. The zero-order chi connectivity index (χ0) is 8.28. The lowest BCUT2D eigenvalue weighted by atomic mass is 9.79. The van der Waals surface area contributed by atoms with Crippen LogP contribution in [0, 0.1) is 11.3 Å². The number of rotatable bonds is 0. The maximum atomic E-state index is 11.3. The second kappa shape index (κ2) is 1.69. The standard InChI is InChI=1S/C9H14O2/c1-8(2)6-3-4-9(8,11)7(10)5-6/h6,11H,3-5H2,1-2H3. The van der Waals surface area contributed by atoms with Crippen LogP contribution in [-0.2, 0) is 4.79 Å². The van der Waals surface area contributed by atoms with Gasteiger partial charge in [0.2, 0.25) is 0 Å². The summed E-state index contributed by atoms with van der Waals surface area (Å²) in [6.45, 7) is 4.02. The molecule has 0 aromatic heterocycles. The number of carbonyl (C=O) groups excluding carboxylic acids is 1. The smallest absolute Gasteiger partial charge is 0.165 e. The van der Waals surface area contributed by atoms with Gasteiger partial charge in [0.25, 0.3) is 0 Å². The fourth-order valence-electron chi connectivity index (χ4n) is 2.65. The van der Waals surface area contributed by atoms with Crippen LogP contribution in [0.25, 0.3) is 0 Å². The van der Waals surface area contributed by atoms with Crippen LogP contribution in [0.4, 0.5) is 0 Å². The van der Waals surface area contributed by atoms with E-state index >= 15 is 0 Å². The Balaban J connectivity index is 2.47. The van der Waals surface area contributed by atoms with E-state index in [0.29, 0.717) is 18.8 Å². The average molecular weight is 154 g/mol. The van der Waals surface area contributed by atoms with Crippen molar-refractivity contribution in [2.24, 2.45) is 11.3 Å². The number of Topliss-reactive ketones (excluding diaryl/α,β-unsaturated/α-hetero) is 1. The highest BCUT2D eigenvalue weighted by Gasteiger charge is 2.63. The molecule has 0 amide bonds. The highest BCUT2D eigenvalue weighted by atomic mass is 16.3. The molecule has 2 unspecified atom stereocenters. The number of hydrogen-bond donors (Lipinski definition) is 1. The van der Waals surface area contributed by atoms with Gasteiger partial charge in [0, 0.05) is 11.8 Å². The lowest BCUT2D eigenvalue weighted by Crippen LogP contribution is -2.42. The Hall–Kier alpha value is -0.370. The predicted molar refractivity (Wildman–Crippen MR) is 41.1 cm³/mol. The van der Waals surface area contributed by atoms with E-state index in [4.69, 9.17) is 0 Å². The first kappa shape index (κ1) is 7.29. The van der Waals surface area contributed by atoms with E-state index in [1.54, 1.807) is 0 Å². The van der Waals surface area contributed by atoms with Crippen molar-refractivity contribution in [1.82, 2.24) is 0 Å². The summed E-state index contributed by atoms with van der Waals surface area (Å²) in [4.78, 5) is 11.3. The molecule has 0 spiro atoms. The molecule has 11 heavy (non-hydrogen) atoms. The average Bonchev–Trinajstić information content (AvgIpc) is 2.20. The summed E-state index contributed by atoms with van der Waals surface area (Å²) < 4.78 is 0. The summed E-state index contributed by atoms with van der Waals surface area (Å²) in [6.07, 6.45) is 2.31. The van der Waals surface area contributed by atoms with Crippen molar-refractivity contribution in [2.75, 3.05) is 0 Å². The Labute approximate surface area is 66.6 Å². The number of aliphatic hydroxyl groups is 1. The van der Waals surface area contributed by atoms with E-state index in [-0.39, 0.29) is 11.2 Å². The summed E-state index contributed by atoms with van der Waals surface area (Å²) in [5.41, 5.74) is -1.14. The molecular weight excluding hydrogens is 140 g/mol. The van der Waals surface area contributed by atoms with E-state index in [1.165, 1.54) is 0 Å². The summed E-state index contributed by atoms with van der Waals surface area (Å²) in [7, 11) is 0. The minimum atomic E-state index is -0.975. The molecule has 2 aliphatic rings. The minimum Gasteiger partial charge on any atom is -0.382 e. The highest BCUT2D eigenvalue weighted by Crippen LogP contribution is 2.58. The van der Waals surface area contributed by atoms with Gasteiger partial charge in [-0.15, -0.1) is 0 Å². The molecule has 1 N–H and O–H groups in total. The zero-order valence-electron chi connectivity index (χ0n) is 7.05. The predicted octanol–water partition coefficient (Wildman–Crippen LogP) is 1.13. The molecule has 2 rings (SSSR count). The number of fused-ring (bicyclic) bond motifs is 2. The minimum absolute atomic E-state index is 0.0683. The lowest BCUT2D eigenvalue weighted by Gasteiger charge is -2.30. The van der Waals surface area contributed by atoms with Crippen molar-refractivity contribution in [2.45, 2.75) is 38.7 Å². The van der Waals surface area contributed by atoms with Gasteiger partial charge in [-0.05, 0) is 18.8 Å². The molecule has 0 aromatic rings. The van der Waals surface area contributed by atoms with Crippen molar-refractivity contribution < 1.29 is 9.90 Å². The third-order valence-electron chi connectivity index (χ3n) is 3.83. The van der Waals surface area contributed by atoms with Crippen LogP contribution in [-0.4, -0.2) is 16.5 Å². The van der Waals surface area contributed by atoms with Gasteiger partial charge < -0.3 is 5.11 Å². The van der Waals surface area contributed by atoms with Gasteiger partial charge in [-0.2, -0.15) is 0 Å². The Morgan fingerprint density at radius 3 is 2.36 bits per heavy atom. The van der Waals surface area contributed by atoms with Gasteiger partial charge in [-0.1, -0.05) is 13.8 Å². The second-order valence-electron chi connectivity index (χ2n) is 4.44. The molecule has 2 heteroatoms. The number of carbonyl (C=O) groups is 1. The maximum Gasteiger partial charge on any atom is 0.165 e. The Morgan fingerprint density at radius 1 is 1.55 bits per heavy atom. The normalized spacial score (nSPS) is 46.8. The van der Waals surface area contributed by atoms with Crippen molar-refractivity contribution in [3.63, 3.8) is 0 Å². The van der Waals surface area contributed by atoms with E-state index in [0.717, 1.165) is 6.42 Å². The summed E-state index contributed by atoms with van der Waals surface area (Å²) in [5.74, 6) is 0.499. The lowest BCUT2D eigenvalue weighted by molar-refractivity contribution is -0.140. The maximum absolute atomic E-state index is 11.3. The van der Waals surface area contributed by atoms with Crippen LogP contribution >= 0.6 is 0 Å². The Bertz CT molecular complexity index is 220. The fourth-order valence-corrected chi connectivity index (χ4v) is 2.65. The molecule has 0 aromatic carbocycles. The van der Waals surface area contributed by atoms with Crippen molar-refractivity contribution in [3.8, 4) is 0 Å². The first-order valence-corrected chi connectivity index (χ1v) is 4.24. The van der Waals surface area contributed by atoms with E-state index in [1.807, 2.05) is 13.8 Å². The Morgan fingerprint density at radius 2 is 2.18 bits per heavy atom. The van der Waals surface area contributed by atoms with Gasteiger partial charge >= 0.3 is 0 Å². The van der Waals surface area contributed by atoms with Crippen LogP contribution in [0.2, 0.25) is 0 Å². The Kier molecular flexibility index (Phi) is 1.12. The molecule has 2 saturated carbocycles. The van der Waals surface area contributed by atoms with Crippen LogP contribution in [0.5, 0.6) is 0 Å². The first-order chi connectivity index (χ1) is 4.98. The van der Waals surface area contributed by atoms with E-state index < -0.39 is 5.60 Å². The molecule has 2 nitrogen and oxygen atoms in total. The molecule has 62 valence electrons. The van der Waals surface area contributed by atoms with Crippen LogP contribution < -0.4 is 0 Å². The number of hydrogen-bond acceptors (Lipinski definition) is 2. The first-order valence-electron chi connectivity index (χ1n) is 4.24. The molecule has 0 radical (unpaired) electrons. The largest absolute Gasteiger partial charge is 0.382 e. The summed E-state index contributed by atoms with van der Waals surface area (Å²) >= 11 is 0. The third kappa shape index (κ3) is 0.598. The van der Waals surface area contributed by atoms with Gasteiger partial charge in [0.05, 0.1) is 0 Å². The van der Waals surface area contributed by atoms with Crippen molar-refractivity contribution >= 4 is 5.78 Å². The fraction of sp³-hybridized carbons (Fsp3) is 0.889. The monoisotopic (exact) mass is 154 g/mol. The van der Waals surface area contributed by atoms with Gasteiger partial charge in [0.15, 0.2) is 5.78 Å².